The summed E-state index contributed by atoms with van der Waals surface area (Å²) in [4.78, 5) is 12.0. The number of aliphatic hydroxyl groups is 1. The zero-order valence-electron chi connectivity index (χ0n) is 12.4. The highest BCUT2D eigenvalue weighted by atomic mass is 16.5. The van der Waals surface area contributed by atoms with Gasteiger partial charge < -0.3 is 9.84 Å². The SMILES string of the molecule is C=C(C(=O)OC1CCCC1)C(O)C(CC)CCCC. The summed E-state index contributed by atoms with van der Waals surface area (Å²) in [5.74, 6) is -0.294. The van der Waals surface area contributed by atoms with Crippen LogP contribution in [0.5, 0.6) is 0 Å². The number of carbonyl (C=O) groups excluding carboxylic acids is 1. The summed E-state index contributed by atoms with van der Waals surface area (Å²) in [6, 6.07) is 0. The van der Waals surface area contributed by atoms with Gasteiger partial charge in [-0.2, -0.15) is 0 Å². The first kappa shape index (κ1) is 16.2. The van der Waals surface area contributed by atoms with Crippen LogP contribution in [0.2, 0.25) is 0 Å². The molecule has 0 aromatic carbocycles. The number of hydrogen-bond donors (Lipinski definition) is 1. The van der Waals surface area contributed by atoms with Gasteiger partial charge in [0.1, 0.15) is 6.10 Å². The number of carbonyl (C=O) groups is 1. The van der Waals surface area contributed by atoms with Crippen molar-refractivity contribution in [1.29, 1.82) is 0 Å². The van der Waals surface area contributed by atoms with Crippen LogP contribution < -0.4 is 0 Å². The maximum atomic E-state index is 12.0. The third-order valence-electron chi connectivity index (χ3n) is 4.09. The van der Waals surface area contributed by atoms with Gasteiger partial charge in [0.05, 0.1) is 11.7 Å². The molecule has 0 amide bonds. The zero-order chi connectivity index (χ0) is 14.3. The van der Waals surface area contributed by atoms with Gasteiger partial charge in [0.25, 0.3) is 0 Å². The van der Waals surface area contributed by atoms with Gasteiger partial charge in [-0.1, -0.05) is 39.7 Å². The van der Waals surface area contributed by atoms with Gasteiger partial charge in [-0.15, -0.1) is 0 Å². The molecule has 2 unspecified atom stereocenters. The maximum absolute atomic E-state index is 12.0. The number of unbranched alkanes of at least 4 members (excludes halogenated alkanes) is 1. The molecule has 3 heteroatoms. The molecule has 0 aliphatic heterocycles. The number of aliphatic hydroxyl groups excluding tert-OH is 1. The lowest BCUT2D eigenvalue weighted by molar-refractivity contribution is -0.145. The standard InChI is InChI=1S/C16H28O3/c1-4-6-9-13(5-2)15(17)12(3)16(18)19-14-10-7-8-11-14/h13-15,17H,3-11H2,1-2H3. The summed E-state index contributed by atoms with van der Waals surface area (Å²) in [7, 11) is 0. The molecule has 110 valence electrons. The second-order valence-corrected chi connectivity index (χ2v) is 5.59. The predicted octanol–water partition coefficient (Wildman–Crippen LogP) is 3.61. The van der Waals surface area contributed by atoms with Crippen LogP contribution in [-0.4, -0.2) is 23.3 Å². The highest BCUT2D eigenvalue weighted by Crippen LogP contribution is 2.25. The van der Waals surface area contributed by atoms with Crippen molar-refractivity contribution in [2.24, 2.45) is 5.92 Å². The molecule has 19 heavy (non-hydrogen) atoms. The first-order valence-electron chi connectivity index (χ1n) is 7.67. The van der Waals surface area contributed by atoms with E-state index in [2.05, 4.69) is 13.5 Å². The highest BCUT2D eigenvalue weighted by molar-refractivity contribution is 5.89. The lowest BCUT2D eigenvalue weighted by Crippen LogP contribution is -2.28. The van der Waals surface area contributed by atoms with Crippen molar-refractivity contribution < 1.29 is 14.6 Å². The topological polar surface area (TPSA) is 46.5 Å². The number of hydrogen-bond acceptors (Lipinski definition) is 3. The van der Waals surface area contributed by atoms with Crippen LogP contribution >= 0.6 is 0 Å². The van der Waals surface area contributed by atoms with Crippen molar-refractivity contribution in [3.8, 4) is 0 Å². The van der Waals surface area contributed by atoms with Gasteiger partial charge in [0.2, 0.25) is 0 Å². The molecule has 1 fully saturated rings. The molecule has 0 saturated heterocycles. The molecular weight excluding hydrogens is 240 g/mol. The molecule has 1 aliphatic carbocycles. The normalized spacial score (nSPS) is 19.1. The Hall–Kier alpha value is -0.830. The van der Waals surface area contributed by atoms with E-state index < -0.39 is 12.1 Å². The number of rotatable bonds is 8. The van der Waals surface area contributed by atoms with Crippen LogP contribution in [0.1, 0.15) is 65.2 Å². The molecule has 0 radical (unpaired) electrons. The molecule has 0 aromatic heterocycles. The first-order valence-corrected chi connectivity index (χ1v) is 7.67. The lowest BCUT2D eigenvalue weighted by Gasteiger charge is -2.23. The highest BCUT2D eigenvalue weighted by Gasteiger charge is 2.27. The molecule has 2 atom stereocenters. The van der Waals surface area contributed by atoms with E-state index in [1.54, 1.807) is 0 Å². The van der Waals surface area contributed by atoms with E-state index in [0.29, 0.717) is 0 Å². The smallest absolute Gasteiger partial charge is 0.336 e. The van der Waals surface area contributed by atoms with Crippen LogP contribution in [0.4, 0.5) is 0 Å². The summed E-state index contributed by atoms with van der Waals surface area (Å²) >= 11 is 0. The van der Waals surface area contributed by atoms with Gasteiger partial charge in [-0.05, 0) is 38.0 Å². The van der Waals surface area contributed by atoms with E-state index in [-0.39, 0.29) is 17.6 Å². The molecule has 1 saturated carbocycles. The zero-order valence-corrected chi connectivity index (χ0v) is 12.4. The van der Waals surface area contributed by atoms with Gasteiger partial charge in [0.15, 0.2) is 0 Å². The lowest BCUT2D eigenvalue weighted by atomic mass is 9.89. The summed E-state index contributed by atoms with van der Waals surface area (Å²) in [5.41, 5.74) is 0.231. The summed E-state index contributed by atoms with van der Waals surface area (Å²) in [5, 5.41) is 10.2. The molecule has 0 aromatic rings. The Morgan fingerprint density at radius 3 is 2.53 bits per heavy atom. The average Bonchev–Trinajstić information content (AvgIpc) is 2.91. The van der Waals surface area contributed by atoms with Gasteiger partial charge in [-0.25, -0.2) is 4.79 Å². The van der Waals surface area contributed by atoms with Crippen LogP contribution in [0.3, 0.4) is 0 Å². The molecule has 1 rings (SSSR count). The van der Waals surface area contributed by atoms with E-state index >= 15 is 0 Å². The van der Waals surface area contributed by atoms with E-state index in [0.717, 1.165) is 51.4 Å². The first-order chi connectivity index (χ1) is 9.10. The van der Waals surface area contributed by atoms with Crippen molar-refractivity contribution >= 4 is 5.97 Å². The number of esters is 1. The molecule has 0 bridgehead atoms. The van der Waals surface area contributed by atoms with Crippen molar-refractivity contribution in [3.05, 3.63) is 12.2 Å². The molecule has 1 aliphatic rings. The third kappa shape index (κ3) is 4.98. The van der Waals surface area contributed by atoms with Gasteiger partial charge in [-0.3, -0.25) is 0 Å². The van der Waals surface area contributed by atoms with Gasteiger partial charge >= 0.3 is 5.97 Å². The second kappa shape index (κ2) is 8.36. The monoisotopic (exact) mass is 268 g/mol. The summed E-state index contributed by atoms with van der Waals surface area (Å²) in [6.45, 7) is 7.92. The molecular formula is C16H28O3. The van der Waals surface area contributed by atoms with Crippen LogP contribution in [0.25, 0.3) is 0 Å². The Morgan fingerprint density at radius 2 is 2.00 bits per heavy atom. The molecule has 3 nitrogen and oxygen atoms in total. The Balaban J connectivity index is 2.46. The second-order valence-electron chi connectivity index (χ2n) is 5.59. The third-order valence-corrected chi connectivity index (χ3v) is 4.09. The van der Waals surface area contributed by atoms with Crippen LogP contribution in [0.15, 0.2) is 12.2 Å². The number of ether oxygens (including phenoxy) is 1. The maximum Gasteiger partial charge on any atom is 0.336 e. The van der Waals surface area contributed by atoms with E-state index in [1.807, 2.05) is 6.92 Å². The minimum absolute atomic E-state index is 0.0344. The molecule has 1 N–H and O–H groups in total. The quantitative estimate of drug-likeness (QED) is 0.540. The van der Waals surface area contributed by atoms with E-state index in [4.69, 9.17) is 4.74 Å². The molecule has 0 spiro atoms. The van der Waals surface area contributed by atoms with Gasteiger partial charge in [0, 0.05) is 0 Å². The minimum atomic E-state index is -0.759. The fourth-order valence-corrected chi connectivity index (χ4v) is 2.69. The van der Waals surface area contributed by atoms with E-state index in [9.17, 15) is 9.90 Å². The molecule has 0 heterocycles. The van der Waals surface area contributed by atoms with Crippen molar-refractivity contribution in [2.45, 2.75) is 77.4 Å². The van der Waals surface area contributed by atoms with Crippen LogP contribution in [-0.2, 0) is 9.53 Å². The van der Waals surface area contributed by atoms with Crippen molar-refractivity contribution in [3.63, 3.8) is 0 Å². The average molecular weight is 268 g/mol. The Kier molecular flexibility index (Phi) is 7.14. The van der Waals surface area contributed by atoms with Crippen molar-refractivity contribution in [1.82, 2.24) is 0 Å². The van der Waals surface area contributed by atoms with Crippen LogP contribution in [0, 0.1) is 5.92 Å². The Morgan fingerprint density at radius 1 is 1.37 bits per heavy atom. The van der Waals surface area contributed by atoms with Crippen molar-refractivity contribution in [2.75, 3.05) is 0 Å². The predicted molar refractivity (Wildman–Crippen MR) is 76.8 cm³/mol. The summed E-state index contributed by atoms with van der Waals surface area (Å²) < 4.78 is 5.39. The fourth-order valence-electron chi connectivity index (χ4n) is 2.69. The summed E-state index contributed by atoms with van der Waals surface area (Å²) in [6.07, 6.45) is 7.38. The Labute approximate surface area is 117 Å². The fraction of sp³-hybridized carbons (Fsp3) is 0.812. The van der Waals surface area contributed by atoms with E-state index in [1.165, 1.54) is 0 Å². The largest absolute Gasteiger partial charge is 0.459 e. The minimum Gasteiger partial charge on any atom is -0.459 e. The Bertz CT molecular complexity index is 292.